The first-order valence-corrected chi connectivity index (χ1v) is 6.97. The molecule has 0 radical (unpaired) electrons. The molecule has 2 rings (SSSR count). The number of carboxylic acids is 1. The minimum atomic E-state index is -0.835. The normalized spacial score (nSPS) is 29.4. The number of rotatable bonds is 2. The Hall–Kier alpha value is -1.56. The van der Waals surface area contributed by atoms with Crippen molar-refractivity contribution in [2.45, 2.75) is 31.8 Å². The third-order valence-electron chi connectivity index (χ3n) is 4.31. The molecule has 2 unspecified atom stereocenters. The number of carbonyl (C=O) groups excluding carboxylic acids is 1. The number of aliphatic carboxylic acids is 1. The molecule has 2 aliphatic rings. The lowest BCUT2D eigenvalue weighted by Crippen LogP contribution is -2.61. The monoisotopic (exact) mass is 281 g/mol. The van der Waals surface area contributed by atoms with Crippen LogP contribution in [0.4, 0.5) is 4.79 Å². The highest BCUT2D eigenvalue weighted by Crippen LogP contribution is 2.21. The van der Waals surface area contributed by atoms with Gasteiger partial charge in [0.25, 0.3) is 0 Å². The van der Waals surface area contributed by atoms with E-state index in [0.717, 1.165) is 6.54 Å². The van der Waals surface area contributed by atoms with Gasteiger partial charge in [-0.05, 0) is 27.3 Å². The van der Waals surface area contributed by atoms with Crippen molar-refractivity contribution >= 4 is 12.0 Å². The predicted octanol–water partition coefficient (Wildman–Crippen LogP) is 0.751. The van der Waals surface area contributed by atoms with Crippen LogP contribution in [0.25, 0.3) is 0 Å². The molecule has 6 heteroatoms. The standard InChI is InChI=1S/C14H23N3O3/c1-14(2)9-17(7-6-16(14)3)13(20)15-11-5-4-10(8-11)12(18)19/h4-5,10-11H,6-9H2,1-3H3,(H,15,20)(H,18,19). The molecule has 6 nitrogen and oxygen atoms in total. The van der Waals surface area contributed by atoms with Crippen LogP contribution in [0.5, 0.6) is 0 Å². The Morgan fingerprint density at radius 1 is 1.30 bits per heavy atom. The third kappa shape index (κ3) is 3.12. The Labute approximate surface area is 119 Å². The summed E-state index contributed by atoms with van der Waals surface area (Å²) < 4.78 is 0. The number of nitrogens with zero attached hydrogens (tertiary/aromatic N) is 2. The van der Waals surface area contributed by atoms with E-state index < -0.39 is 11.9 Å². The molecule has 2 N–H and O–H groups in total. The van der Waals surface area contributed by atoms with Crippen LogP contribution in [0.1, 0.15) is 20.3 Å². The highest BCUT2D eigenvalue weighted by atomic mass is 16.4. The number of nitrogens with one attached hydrogen (secondary N) is 1. The Morgan fingerprint density at radius 2 is 2.00 bits per heavy atom. The van der Waals surface area contributed by atoms with Crippen molar-refractivity contribution in [3.63, 3.8) is 0 Å². The summed E-state index contributed by atoms with van der Waals surface area (Å²) in [6, 6.07) is -0.279. The lowest BCUT2D eigenvalue weighted by Gasteiger charge is -2.45. The summed E-state index contributed by atoms with van der Waals surface area (Å²) in [4.78, 5) is 27.2. The number of urea groups is 1. The lowest BCUT2D eigenvalue weighted by atomic mass is 10.00. The minimum Gasteiger partial charge on any atom is -0.481 e. The Morgan fingerprint density at radius 3 is 2.55 bits per heavy atom. The van der Waals surface area contributed by atoms with Gasteiger partial charge in [0.2, 0.25) is 0 Å². The molecule has 20 heavy (non-hydrogen) atoms. The summed E-state index contributed by atoms with van der Waals surface area (Å²) in [5, 5.41) is 11.8. The molecule has 0 aromatic rings. The van der Waals surface area contributed by atoms with Crippen molar-refractivity contribution < 1.29 is 14.7 Å². The van der Waals surface area contributed by atoms with Gasteiger partial charge in [-0.25, -0.2) is 4.79 Å². The maximum absolute atomic E-state index is 12.2. The van der Waals surface area contributed by atoms with Gasteiger partial charge in [-0.2, -0.15) is 0 Å². The molecule has 1 fully saturated rings. The number of carbonyl (C=O) groups is 2. The minimum absolute atomic E-state index is 0.0370. The second kappa shape index (κ2) is 5.44. The van der Waals surface area contributed by atoms with Crippen molar-refractivity contribution in [1.82, 2.24) is 15.1 Å². The van der Waals surface area contributed by atoms with Crippen LogP contribution in [-0.2, 0) is 4.79 Å². The summed E-state index contributed by atoms with van der Waals surface area (Å²) in [7, 11) is 2.06. The van der Waals surface area contributed by atoms with Crippen LogP contribution >= 0.6 is 0 Å². The van der Waals surface area contributed by atoms with Crippen molar-refractivity contribution in [3.05, 3.63) is 12.2 Å². The predicted molar refractivity (Wildman–Crippen MR) is 75.5 cm³/mol. The third-order valence-corrected chi connectivity index (χ3v) is 4.31. The van der Waals surface area contributed by atoms with E-state index in [-0.39, 0.29) is 17.6 Å². The fraction of sp³-hybridized carbons (Fsp3) is 0.714. The largest absolute Gasteiger partial charge is 0.481 e. The van der Waals surface area contributed by atoms with Crippen LogP contribution in [0, 0.1) is 5.92 Å². The molecule has 0 saturated carbocycles. The zero-order valence-corrected chi connectivity index (χ0v) is 12.3. The van der Waals surface area contributed by atoms with E-state index in [1.807, 2.05) is 4.90 Å². The van der Waals surface area contributed by atoms with E-state index in [0.29, 0.717) is 19.5 Å². The van der Waals surface area contributed by atoms with Gasteiger partial charge < -0.3 is 15.3 Å². The SMILES string of the molecule is CN1CCN(C(=O)NC2C=CC(C(=O)O)C2)CC1(C)C. The number of piperazine rings is 1. The van der Waals surface area contributed by atoms with Crippen LogP contribution in [-0.4, -0.2) is 65.2 Å². The number of hydrogen-bond acceptors (Lipinski definition) is 3. The van der Waals surface area contributed by atoms with Crippen LogP contribution < -0.4 is 5.32 Å². The summed E-state index contributed by atoms with van der Waals surface area (Å²) in [6.07, 6.45) is 3.87. The first-order valence-electron chi connectivity index (χ1n) is 6.97. The second-order valence-corrected chi connectivity index (χ2v) is 6.28. The van der Waals surface area contributed by atoms with E-state index in [1.165, 1.54) is 0 Å². The van der Waals surface area contributed by atoms with Gasteiger partial charge in [-0.1, -0.05) is 12.2 Å². The average molecular weight is 281 g/mol. The van der Waals surface area contributed by atoms with Gasteiger partial charge in [0.1, 0.15) is 0 Å². The number of likely N-dealkylation sites (N-methyl/N-ethyl adjacent to an activating group) is 1. The second-order valence-electron chi connectivity index (χ2n) is 6.28. The smallest absolute Gasteiger partial charge is 0.317 e. The zero-order valence-electron chi connectivity index (χ0n) is 12.3. The number of carboxylic acid groups (broad SMARTS) is 1. The molecule has 1 heterocycles. The Balaban J connectivity index is 1.87. The first kappa shape index (κ1) is 14.8. The van der Waals surface area contributed by atoms with E-state index >= 15 is 0 Å². The van der Waals surface area contributed by atoms with E-state index in [4.69, 9.17) is 5.11 Å². The summed E-state index contributed by atoms with van der Waals surface area (Å²) in [5.74, 6) is -1.32. The fourth-order valence-corrected chi connectivity index (χ4v) is 2.65. The average Bonchev–Trinajstić information content (AvgIpc) is 2.81. The molecular weight excluding hydrogens is 258 g/mol. The Bertz CT molecular complexity index is 433. The quantitative estimate of drug-likeness (QED) is 0.733. The van der Waals surface area contributed by atoms with Gasteiger partial charge in [-0.3, -0.25) is 9.69 Å². The molecule has 0 bridgehead atoms. The van der Waals surface area contributed by atoms with Gasteiger partial charge in [0.05, 0.1) is 12.0 Å². The molecule has 2 atom stereocenters. The van der Waals surface area contributed by atoms with Crippen molar-refractivity contribution in [1.29, 1.82) is 0 Å². The molecule has 2 amide bonds. The molecule has 112 valence electrons. The van der Waals surface area contributed by atoms with Gasteiger partial charge in [0.15, 0.2) is 0 Å². The van der Waals surface area contributed by atoms with E-state index in [1.54, 1.807) is 12.2 Å². The molecule has 1 aliphatic heterocycles. The molecule has 0 aromatic heterocycles. The number of amides is 2. The molecule has 1 saturated heterocycles. The summed E-state index contributed by atoms with van der Waals surface area (Å²) >= 11 is 0. The maximum atomic E-state index is 12.2. The fourth-order valence-electron chi connectivity index (χ4n) is 2.65. The van der Waals surface area contributed by atoms with Gasteiger partial charge in [-0.15, -0.1) is 0 Å². The summed E-state index contributed by atoms with van der Waals surface area (Å²) in [6.45, 7) is 6.45. The Kier molecular flexibility index (Phi) is 4.04. The molecule has 1 aliphatic carbocycles. The molecule has 0 aromatic carbocycles. The van der Waals surface area contributed by atoms with Crippen LogP contribution in [0.15, 0.2) is 12.2 Å². The van der Waals surface area contributed by atoms with E-state index in [2.05, 4.69) is 31.1 Å². The van der Waals surface area contributed by atoms with Crippen molar-refractivity contribution in [3.8, 4) is 0 Å². The van der Waals surface area contributed by atoms with E-state index in [9.17, 15) is 9.59 Å². The zero-order chi connectivity index (χ0) is 14.9. The first-order chi connectivity index (χ1) is 9.29. The highest BCUT2D eigenvalue weighted by molar-refractivity contribution is 5.76. The maximum Gasteiger partial charge on any atom is 0.317 e. The van der Waals surface area contributed by atoms with Crippen LogP contribution in [0.3, 0.4) is 0 Å². The highest BCUT2D eigenvalue weighted by Gasteiger charge is 2.34. The number of hydrogen-bond donors (Lipinski definition) is 2. The van der Waals surface area contributed by atoms with Crippen LogP contribution in [0.2, 0.25) is 0 Å². The van der Waals surface area contributed by atoms with Gasteiger partial charge in [0, 0.05) is 25.2 Å². The lowest BCUT2D eigenvalue weighted by molar-refractivity contribution is -0.140. The van der Waals surface area contributed by atoms with Crippen molar-refractivity contribution in [2.24, 2.45) is 5.92 Å². The molecular formula is C14H23N3O3. The van der Waals surface area contributed by atoms with Gasteiger partial charge >= 0.3 is 12.0 Å². The molecule has 0 spiro atoms. The topological polar surface area (TPSA) is 72.9 Å². The van der Waals surface area contributed by atoms with Crippen molar-refractivity contribution in [2.75, 3.05) is 26.7 Å². The summed E-state index contributed by atoms with van der Waals surface area (Å²) in [5.41, 5.74) is -0.0370.